The van der Waals surface area contributed by atoms with Gasteiger partial charge in [0.05, 0.1) is 11.0 Å². The largest absolute Gasteiger partial charge is 0.444 e. The molecule has 3 amide bonds. The third-order valence-corrected chi connectivity index (χ3v) is 9.84. The number of fused-ring (bicyclic) bond motifs is 1. The van der Waals surface area contributed by atoms with Crippen LogP contribution in [-0.2, 0) is 20.7 Å². The van der Waals surface area contributed by atoms with Gasteiger partial charge in [0.15, 0.2) is 0 Å². The van der Waals surface area contributed by atoms with Gasteiger partial charge < -0.3 is 40.5 Å². The molecule has 1 atom stereocenters. The number of nitrogens with one attached hydrogen (secondary N) is 5. The molecule has 4 aromatic rings. The number of hydrogen-bond donors (Lipinski definition) is 5. The number of pyridine rings is 1. The Bertz CT molecular complexity index is 1930. The summed E-state index contributed by atoms with van der Waals surface area (Å²) in [4.78, 5) is 66.2. The Morgan fingerprint density at radius 3 is 2.40 bits per heavy atom. The lowest BCUT2D eigenvalue weighted by atomic mass is 9.81. The molecule has 0 radical (unpaired) electrons. The summed E-state index contributed by atoms with van der Waals surface area (Å²) in [6.07, 6.45) is 4.56. The monoisotopic (exact) mass is 710 g/mol. The minimum atomic E-state index is -0.853. The number of ether oxygens (including phenoxy) is 1. The van der Waals surface area contributed by atoms with E-state index in [0.29, 0.717) is 36.1 Å². The van der Waals surface area contributed by atoms with Crippen LogP contribution < -0.4 is 26.5 Å². The molecule has 5 N–H and O–H groups in total. The van der Waals surface area contributed by atoms with Crippen molar-refractivity contribution < 1.29 is 19.1 Å². The lowest BCUT2D eigenvalue weighted by molar-refractivity contribution is -0.130. The van der Waals surface area contributed by atoms with Crippen molar-refractivity contribution in [1.29, 1.82) is 0 Å². The minimum Gasteiger partial charge on any atom is -0.444 e. The van der Waals surface area contributed by atoms with Gasteiger partial charge in [0.25, 0.3) is 0 Å². The van der Waals surface area contributed by atoms with Gasteiger partial charge in [-0.1, -0.05) is 24.3 Å². The summed E-state index contributed by atoms with van der Waals surface area (Å²) in [5.74, 6) is 0.430. The number of aromatic nitrogens is 3. The first-order valence-electron chi connectivity index (χ1n) is 18.2. The van der Waals surface area contributed by atoms with Gasteiger partial charge in [0.2, 0.25) is 11.8 Å². The molecule has 0 unspecified atom stereocenters. The molecule has 52 heavy (non-hydrogen) atoms. The first kappa shape index (κ1) is 36.6. The van der Waals surface area contributed by atoms with Crippen LogP contribution in [0.2, 0.25) is 0 Å². The fraction of sp³-hybridized carbons (Fsp3) is 0.462. The number of likely N-dealkylation sites (N-methyl/N-ethyl adjacent to an activating group) is 1. The Kier molecular flexibility index (Phi) is 11.3. The number of alkyl carbamates (subject to hydrolysis) is 1. The van der Waals surface area contributed by atoms with E-state index in [1.807, 2.05) is 51.2 Å². The van der Waals surface area contributed by atoms with Crippen molar-refractivity contribution in [1.82, 2.24) is 30.5 Å². The van der Waals surface area contributed by atoms with Gasteiger partial charge in [-0.05, 0) is 106 Å². The number of rotatable bonds is 10. The van der Waals surface area contributed by atoms with Crippen molar-refractivity contribution in [3.8, 4) is 11.1 Å². The van der Waals surface area contributed by atoms with Crippen molar-refractivity contribution in [2.24, 2.45) is 11.8 Å². The van der Waals surface area contributed by atoms with Gasteiger partial charge >= 0.3 is 11.8 Å². The zero-order chi connectivity index (χ0) is 36.8. The lowest BCUT2D eigenvalue weighted by Gasteiger charge is -2.33. The maximum Gasteiger partial charge on any atom is 0.407 e. The number of benzene rings is 2. The Balaban J connectivity index is 1.14. The molecule has 2 aromatic heterocycles. The molecule has 1 saturated heterocycles. The van der Waals surface area contributed by atoms with E-state index in [1.54, 1.807) is 18.2 Å². The SMILES string of the molecule is CN1CCN(c2cc(-c3cccc(C[C@H](NC(=O)C4CCC(CNC(=O)OC(C)(C)C)CC4)C(=O)Nc4ccc5[nH]c(=O)[nH]c5c4)c3)ccn2)CC1. The number of piperazine rings is 1. The van der Waals surface area contributed by atoms with Gasteiger partial charge in [-0.25, -0.2) is 14.6 Å². The molecular weight excluding hydrogens is 660 g/mol. The van der Waals surface area contributed by atoms with Crippen LogP contribution >= 0.6 is 0 Å². The number of H-pyrrole nitrogens is 2. The van der Waals surface area contributed by atoms with Crippen molar-refractivity contribution in [3.05, 3.63) is 76.8 Å². The Labute approximate surface area is 303 Å². The van der Waals surface area contributed by atoms with Gasteiger partial charge in [-0.2, -0.15) is 0 Å². The average molecular weight is 711 g/mol. The van der Waals surface area contributed by atoms with E-state index in [4.69, 9.17) is 4.74 Å². The van der Waals surface area contributed by atoms with Crippen LogP contribution in [-0.4, -0.2) is 89.2 Å². The number of amides is 3. The maximum atomic E-state index is 13.9. The van der Waals surface area contributed by atoms with Gasteiger partial charge in [-0.15, -0.1) is 0 Å². The molecule has 0 bridgehead atoms. The van der Waals surface area contributed by atoms with Crippen LogP contribution in [0.3, 0.4) is 0 Å². The highest BCUT2D eigenvalue weighted by Gasteiger charge is 2.30. The summed E-state index contributed by atoms with van der Waals surface area (Å²) < 4.78 is 5.36. The molecule has 6 rings (SSSR count). The molecule has 2 fully saturated rings. The molecule has 1 aliphatic carbocycles. The zero-order valence-corrected chi connectivity index (χ0v) is 30.5. The van der Waals surface area contributed by atoms with Crippen molar-refractivity contribution >= 4 is 40.4 Å². The normalized spacial score (nSPS) is 18.8. The number of anilines is 2. The molecule has 13 nitrogen and oxygen atoms in total. The standard InChI is InChI=1S/C39H50N8O5/c1-39(2,3)52-38(51)41-24-25-8-10-27(11-9-25)35(48)43-33(36(49)42-30-12-13-31-32(23-30)45-37(50)44-31)21-26-6-5-7-28(20-26)29-14-15-40-34(22-29)47-18-16-46(4)17-19-47/h5-7,12-15,20,22-23,25,27,33H,8-11,16-19,21,24H2,1-4H3,(H,41,51)(H,42,49)(H,43,48)(H2,44,45,50)/t25?,27?,33-/m0/s1. The smallest absolute Gasteiger partial charge is 0.407 e. The second-order valence-corrected chi connectivity index (χ2v) is 15.1. The number of carbonyl (C=O) groups is 3. The Morgan fingerprint density at radius 1 is 0.923 bits per heavy atom. The average Bonchev–Trinajstić information content (AvgIpc) is 3.49. The quantitative estimate of drug-likeness (QED) is 0.159. The highest BCUT2D eigenvalue weighted by Crippen LogP contribution is 2.29. The highest BCUT2D eigenvalue weighted by atomic mass is 16.6. The fourth-order valence-electron chi connectivity index (χ4n) is 6.93. The van der Waals surface area contributed by atoms with Gasteiger partial charge in [0.1, 0.15) is 17.5 Å². The van der Waals surface area contributed by atoms with E-state index >= 15 is 0 Å². The van der Waals surface area contributed by atoms with Crippen LogP contribution in [0, 0.1) is 11.8 Å². The van der Waals surface area contributed by atoms with Crippen LogP contribution in [0.5, 0.6) is 0 Å². The van der Waals surface area contributed by atoms with E-state index in [9.17, 15) is 19.2 Å². The molecule has 2 aliphatic rings. The minimum absolute atomic E-state index is 0.161. The zero-order valence-electron chi connectivity index (χ0n) is 30.5. The topological polar surface area (TPSA) is 165 Å². The number of hydrogen-bond acceptors (Lipinski definition) is 8. The molecule has 2 aromatic carbocycles. The molecule has 3 heterocycles. The predicted molar refractivity (Wildman–Crippen MR) is 202 cm³/mol. The van der Waals surface area contributed by atoms with Crippen LogP contribution in [0.1, 0.15) is 52.0 Å². The summed E-state index contributed by atoms with van der Waals surface area (Å²) in [5, 5.41) is 8.89. The van der Waals surface area contributed by atoms with Crippen molar-refractivity contribution in [2.45, 2.75) is 64.5 Å². The van der Waals surface area contributed by atoms with Crippen LogP contribution in [0.25, 0.3) is 22.2 Å². The maximum absolute atomic E-state index is 13.9. The highest BCUT2D eigenvalue weighted by molar-refractivity contribution is 5.98. The van der Waals surface area contributed by atoms with Gasteiger partial charge in [-0.3, -0.25) is 9.59 Å². The summed E-state index contributed by atoms with van der Waals surface area (Å²) in [6.45, 7) is 9.79. The third-order valence-electron chi connectivity index (χ3n) is 9.84. The van der Waals surface area contributed by atoms with E-state index in [-0.39, 0.29) is 35.8 Å². The number of imidazole rings is 1. The second-order valence-electron chi connectivity index (χ2n) is 15.1. The fourth-order valence-corrected chi connectivity index (χ4v) is 6.93. The predicted octanol–water partition coefficient (Wildman–Crippen LogP) is 4.67. The van der Waals surface area contributed by atoms with Crippen molar-refractivity contribution in [3.63, 3.8) is 0 Å². The van der Waals surface area contributed by atoms with Crippen LogP contribution in [0.15, 0.2) is 65.6 Å². The second kappa shape index (κ2) is 16.0. The van der Waals surface area contributed by atoms with E-state index < -0.39 is 17.7 Å². The van der Waals surface area contributed by atoms with Crippen LogP contribution in [0.4, 0.5) is 16.3 Å². The molecule has 13 heteroatoms. The molecule has 0 spiro atoms. The summed E-state index contributed by atoms with van der Waals surface area (Å²) in [5.41, 5.74) is 3.75. The first-order chi connectivity index (χ1) is 24.9. The Morgan fingerprint density at radius 2 is 1.65 bits per heavy atom. The summed E-state index contributed by atoms with van der Waals surface area (Å²) in [6, 6.07) is 16.4. The third kappa shape index (κ3) is 9.78. The first-order valence-corrected chi connectivity index (χ1v) is 18.2. The Hall–Kier alpha value is -5.17. The molecule has 1 saturated carbocycles. The summed E-state index contributed by atoms with van der Waals surface area (Å²) in [7, 11) is 2.13. The number of nitrogens with zero attached hydrogens (tertiary/aromatic N) is 3. The summed E-state index contributed by atoms with van der Waals surface area (Å²) >= 11 is 0. The molecular formula is C39H50N8O5. The van der Waals surface area contributed by atoms with Crippen molar-refractivity contribution in [2.75, 3.05) is 50.0 Å². The van der Waals surface area contributed by atoms with Gasteiger partial charge in [0, 0.05) is 56.9 Å². The lowest BCUT2D eigenvalue weighted by Crippen LogP contribution is -2.48. The van der Waals surface area contributed by atoms with E-state index in [0.717, 1.165) is 61.5 Å². The molecule has 1 aliphatic heterocycles. The van der Waals surface area contributed by atoms with E-state index in [2.05, 4.69) is 59.9 Å². The number of aromatic amines is 2. The van der Waals surface area contributed by atoms with E-state index in [1.165, 1.54) is 0 Å². The number of carbonyl (C=O) groups excluding carboxylic acids is 3. The molecule has 276 valence electrons.